The second kappa shape index (κ2) is 3.74. The third kappa shape index (κ3) is 1.87. The van der Waals surface area contributed by atoms with E-state index in [2.05, 4.69) is 0 Å². The first-order valence-corrected chi connectivity index (χ1v) is 6.02. The molecule has 0 aromatic heterocycles. The molecule has 2 rings (SSSR count). The van der Waals surface area contributed by atoms with Gasteiger partial charge in [-0.3, -0.25) is 4.79 Å². The van der Waals surface area contributed by atoms with Crippen molar-refractivity contribution in [3.63, 3.8) is 0 Å². The molecule has 15 heavy (non-hydrogen) atoms. The van der Waals surface area contributed by atoms with E-state index in [0.717, 1.165) is 31.7 Å². The Balaban J connectivity index is 2.00. The summed E-state index contributed by atoms with van der Waals surface area (Å²) in [6.07, 6.45) is 5.28. The average Bonchev–Trinajstić information content (AvgIpc) is 2.84. The molecule has 0 radical (unpaired) electrons. The number of nitrogens with zero attached hydrogens (tertiary/aromatic N) is 1. The molecule has 0 spiro atoms. The summed E-state index contributed by atoms with van der Waals surface area (Å²) in [5.41, 5.74) is 5.21. The Morgan fingerprint density at radius 2 is 2.13 bits per heavy atom. The van der Waals surface area contributed by atoms with Crippen LogP contribution in [-0.4, -0.2) is 29.4 Å². The topological polar surface area (TPSA) is 46.3 Å². The van der Waals surface area contributed by atoms with Crippen LogP contribution in [0, 0.1) is 11.3 Å². The van der Waals surface area contributed by atoms with Crippen LogP contribution in [0.5, 0.6) is 0 Å². The maximum absolute atomic E-state index is 12.2. The van der Waals surface area contributed by atoms with Crippen molar-refractivity contribution in [3.8, 4) is 0 Å². The summed E-state index contributed by atoms with van der Waals surface area (Å²) < 4.78 is 0. The minimum atomic E-state index is -0.487. The predicted octanol–water partition coefficient (Wildman–Crippen LogP) is 1.31. The number of rotatable bonds is 4. The molecule has 0 unspecified atom stereocenters. The van der Waals surface area contributed by atoms with Gasteiger partial charge in [0.25, 0.3) is 0 Å². The summed E-state index contributed by atoms with van der Waals surface area (Å²) in [4.78, 5) is 14.4. The van der Waals surface area contributed by atoms with Crippen LogP contribution < -0.4 is 5.73 Å². The lowest BCUT2D eigenvalue weighted by molar-refractivity contribution is -0.140. The van der Waals surface area contributed by atoms with Crippen LogP contribution in [0.15, 0.2) is 0 Å². The van der Waals surface area contributed by atoms with Gasteiger partial charge in [0.1, 0.15) is 0 Å². The first-order chi connectivity index (χ1) is 7.06. The van der Waals surface area contributed by atoms with Crippen LogP contribution in [0.4, 0.5) is 0 Å². The molecule has 4 heteroatoms. The molecule has 0 bridgehead atoms. The van der Waals surface area contributed by atoms with Gasteiger partial charge >= 0.3 is 0 Å². The molecule has 2 fully saturated rings. The van der Waals surface area contributed by atoms with Crippen LogP contribution >= 0.6 is 12.2 Å². The van der Waals surface area contributed by atoms with Gasteiger partial charge in [-0.1, -0.05) is 18.6 Å². The highest BCUT2D eigenvalue weighted by atomic mass is 32.1. The molecule has 0 heterocycles. The molecule has 2 N–H and O–H groups in total. The number of carbonyl (C=O) groups excluding carboxylic acids is 1. The van der Waals surface area contributed by atoms with E-state index < -0.39 is 5.41 Å². The Bertz CT molecular complexity index is 295. The van der Waals surface area contributed by atoms with Crippen molar-refractivity contribution in [1.29, 1.82) is 0 Å². The van der Waals surface area contributed by atoms with Gasteiger partial charge in [-0.2, -0.15) is 0 Å². The zero-order chi connectivity index (χ0) is 11.1. The Morgan fingerprint density at radius 1 is 1.53 bits per heavy atom. The van der Waals surface area contributed by atoms with E-state index in [1.54, 1.807) is 0 Å². The monoisotopic (exact) mass is 226 g/mol. The standard InChI is InChI=1S/C11H18N2OS/c1-13(7-8-3-4-8)10(14)11(9(12)15)5-2-6-11/h8H,2-7H2,1H3,(H2,12,15). The van der Waals surface area contributed by atoms with E-state index in [0.29, 0.717) is 4.99 Å². The largest absolute Gasteiger partial charge is 0.392 e. The molecule has 2 saturated carbocycles. The number of carbonyl (C=O) groups is 1. The predicted molar refractivity (Wildman–Crippen MR) is 63.4 cm³/mol. The summed E-state index contributed by atoms with van der Waals surface area (Å²) in [6, 6.07) is 0. The molecule has 84 valence electrons. The van der Waals surface area contributed by atoms with Crippen molar-refractivity contribution in [2.45, 2.75) is 32.1 Å². The Kier molecular flexibility index (Phi) is 2.71. The highest BCUT2D eigenvalue weighted by molar-refractivity contribution is 7.80. The highest BCUT2D eigenvalue weighted by Gasteiger charge is 2.48. The first kappa shape index (κ1) is 10.9. The van der Waals surface area contributed by atoms with E-state index in [1.165, 1.54) is 12.8 Å². The molecular weight excluding hydrogens is 208 g/mol. The molecule has 2 aliphatic rings. The average molecular weight is 226 g/mol. The molecule has 0 aliphatic heterocycles. The van der Waals surface area contributed by atoms with E-state index in [4.69, 9.17) is 18.0 Å². The van der Waals surface area contributed by atoms with Crippen molar-refractivity contribution in [2.75, 3.05) is 13.6 Å². The SMILES string of the molecule is CN(CC1CC1)C(=O)C1(C(N)=S)CCC1. The molecular formula is C11H18N2OS. The molecule has 0 saturated heterocycles. The lowest BCUT2D eigenvalue weighted by Crippen LogP contribution is -2.53. The molecule has 0 atom stereocenters. The van der Waals surface area contributed by atoms with Crippen molar-refractivity contribution in [1.82, 2.24) is 4.90 Å². The number of nitrogens with two attached hydrogens (primary N) is 1. The number of amides is 1. The summed E-state index contributed by atoms with van der Waals surface area (Å²) in [5.74, 6) is 0.871. The van der Waals surface area contributed by atoms with Gasteiger partial charge in [-0.05, 0) is 31.6 Å². The minimum Gasteiger partial charge on any atom is -0.392 e. The number of thiocarbonyl (C=S) groups is 1. The Labute approximate surface area is 96.0 Å². The smallest absolute Gasteiger partial charge is 0.235 e. The first-order valence-electron chi connectivity index (χ1n) is 5.62. The second-order valence-corrected chi connectivity index (χ2v) is 5.37. The normalized spacial score (nSPS) is 23.0. The summed E-state index contributed by atoms with van der Waals surface area (Å²) in [6.45, 7) is 0.878. The maximum Gasteiger partial charge on any atom is 0.235 e. The molecule has 0 aromatic rings. The Hall–Kier alpha value is -0.640. The van der Waals surface area contributed by atoms with Gasteiger partial charge in [0.05, 0.1) is 10.4 Å². The molecule has 0 aromatic carbocycles. The fraction of sp³-hybridized carbons (Fsp3) is 0.818. The van der Waals surface area contributed by atoms with E-state index in [-0.39, 0.29) is 5.91 Å². The van der Waals surface area contributed by atoms with Crippen LogP contribution in [0.2, 0.25) is 0 Å². The van der Waals surface area contributed by atoms with Crippen LogP contribution in [0.1, 0.15) is 32.1 Å². The van der Waals surface area contributed by atoms with Crippen molar-refractivity contribution >= 4 is 23.1 Å². The summed E-state index contributed by atoms with van der Waals surface area (Å²) in [5, 5.41) is 0. The lowest BCUT2D eigenvalue weighted by Gasteiger charge is -2.41. The van der Waals surface area contributed by atoms with Crippen LogP contribution in [-0.2, 0) is 4.79 Å². The molecule has 3 nitrogen and oxygen atoms in total. The number of hydrogen-bond acceptors (Lipinski definition) is 2. The van der Waals surface area contributed by atoms with Crippen LogP contribution in [0.3, 0.4) is 0 Å². The minimum absolute atomic E-state index is 0.146. The second-order valence-electron chi connectivity index (χ2n) is 4.93. The quantitative estimate of drug-likeness (QED) is 0.735. The van der Waals surface area contributed by atoms with Crippen LogP contribution in [0.25, 0.3) is 0 Å². The van der Waals surface area contributed by atoms with Crippen molar-refractivity contribution < 1.29 is 4.79 Å². The fourth-order valence-electron chi connectivity index (χ4n) is 2.23. The number of hydrogen-bond donors (Lipinski definition) is 1. The van der Waals surface area contributed by atoms with Crippen molar-refractivity contribution in [3.05, 3.63) is 0 Å². The fourth-order valence-corrected chi connectivity index (χ4v) is 2.52. The molecule has 2 aliphatic carbocycles. The van der Waals surface area contributed by atoms with Crippen molar-refractivity contribution in [2.24, 2.45) is 17.1 Å². The highest BCUT2D eigenvalue weighted by Crippen LogP contribution is 2.43. The maximum atomic E-state index is 12.2. The van der Waals surface area contributed by atoms with Gasteiger partial charge in [-0.25, -0.2) is 0 Å². The zero-order valence-corrected chi connectivity index (χ0v) is 9.98. The lowest BCUT2D eigenvalue weighted by atomic mass is 9.67. The summed E-state index contributed by atoms with van der Waals surface area (Å²) >= 11 is 5.04. The van der Waals surface area contributed by atoms with E-state index in [1.807, 2.05) is 11.9 Å². The zero-order valence-electron chi connectivity index (χ0n) is 9.16. The van der Waals surface area contributed by atoms with E-state index in [9.17, 15) is 4.79 Å². The van der Waals surface area contributed by atoms with Gasteiger partial charge in [-0.15, -0.1) is 0 Å². The van der Waals surface area contributed by atoms with Gasteiger partial charge in [0.2, 0.25) is 5.91 Å². The van der Waals surface area contributed by atoms with Gasteiger partial charge < -0.3 is 10.6 Å². The third-order valence-electron chi connectivity index (χ3n) is 3.66. The Morgan fingerprint density at radius 3 is 2.47 bits per heavy atom. The summed E-state index contributed by atoms with van der Waals surface area (Å²) in [7, 11) is 1.87. The van der Waals surface area contributed by atoms with Gasteiger partial charge in [0.15, 0.2) is 0 Å². The van der Waals surface area contributed by atoms with Gasteiger partial charge in [0, 0.05) is 13.6 Å². The third-order valence-corrected chi connectivity index (χ3v) is 4.05. The van der Waals surface area contributed by atoms with E-state index >= 15 is 0 Å². The molecule has 1 amide bonds.